The van der Waals surface area contributed by atoms with E-state index in [-0.39, 0.29) is 12.3 Å². The molecule has 0 aliphatic carbocycles. The summed E-state index contributed by atoms with van der Waals surface area (Å²) in [5, 5.41) is 4.00. The van der Waals surface area contributed by atoms with Crippen LogP contribution in [-0.2, 0) is 11.2 Å². The fourth-order valence-electron chi connectivity index (χ4n) is 2.75. The topological polar surface area (TPSA) is 63.4 Å². The van der Waals surface area contributed by atoms with Crippen LogP contribution in [0.4, 0.5) is 5.69 Å². The fourth-order valence-corrected chi connectivity index (χ4v) is 2.75. The van der Waals surface area contributed by atoms with Crippen molar-refractivity contribution in [2.75, 3.05) is 19.5 Å². The first-order valence-corrected chi connectivity index (χ1v) is 7.69. The van der Waals surface area contributed by atoms with Gasteiger partial charge in [0.15, 0.2) is 0 Å². The van der Waals surface area contributed by atoms with E-state index < -0.39 is 0 Å². The van der Waals surface area contributed by atoms with Gasteiger partial charge in [0.1, 0.15) is 11.5 Å². The van der Waals surface area contributed by atoms with Gasteiger partial charge < -0.3 is 19.8 Å². The zero-order valence-electron chi connectivity index (χ0n) is 14.0. The predicted octanol–water partition coefficient (Wildman–Crippen LogP) is 3.67. The number of aromatic nitrogens is 1. The van der Waals surface area contributed by atoms with E-state index in [1.165, 1.54) is 0 Å². The van der Waals surface area contributed by atoms with E-state index in [1.807, 2.05) is 37.3 Å². The van der Waals surface area contributed by atoms with E-state index in [1.54, 1.807) is 20.3 Å². The van der Waals surface area contributed by atoms with E-state index in [0.29, 0.717) is 11.5 Å². The summed E-state index contributed by atoms with van der Waals surface area (Å²) in [6.07, 6.45) is 0.213. The monoisotopic (exact) mass is 324 g/mol. The number of methoxy groups -OCH3 is 2. The minimum atomic E-state index is -0.104. The summed E-state index contributed by atoms with van der Waals surface area (Å²) in [5.41, 5.74) is 3.70. The van der Waals surface area contributed by atoms with Crippen LogP contribution in [0.2, 0.25) is 0 Å². The molecule has 0 aliphatic heterocycles. The van der Waals surface area contributed by atoms with Gasteiger partial charge in [0, 0.05) is 27.8 Å². The number of aryl methyl sites for hydroxylation is 1. The van der Waals surface area contributed by atoms with Gasteiger partial charge in [0.05, 0.1) is 20.6 Å². The maximum absolute atomic E-state index is 12.4. The van der Waals surface area contributed by atoms with Gasteiger partial charge >= 0.3 is 0 Å². The van der Waals surface area contributed by atoms with Crippen LogP contribution in [0.15, 0.2) is 42.5 Å². The largest absolute Gasteiger partial charge is 0.497 e. The van der Waals surface area contributed by atoms with Crippen LogP contribution in [0.1, 0.15) is 11.3 Å². The Morgan fingerprint density at radius 3 is 2.67 bits per heavy atom. The minimum Gasteiger partial charge on any atom is -0.497 e. The summed E-state index contributed by atoms with van der Waals surface area (Å²) in [4.78, 5) is 15.6. The van der Waals surface area contributed by atoms with Crippen LogP contribution >= 0.6 is 0 Å². The summed E-state index contributed by atoms with van der Waals surface area (Å²) in [6.45, 7) is 2.01. The first-order valence-electron chi connectivity index (χ1n) is 7.69. The van der Waals surface area contributed by atoms with E-state index in [9.17, 15) is 4.79 Å². The van der Waals surface area contributed by atoms with E-state index in [4.69, 9.17) is 9.47 Å². The number of H-pyrrole nitrogens is 1. The Morgan fingerprint density at radius 1 is 1.08 bits per heavy atom. The van der Waals surface area contributed by atoms with Gasteiger partial charge in [-0.1, -0.05) is 0 Å². The molecule has 5 heteroatoms. The number of nitrogens with one attached hydrogen (secondary N) is 2. The van der Waals surface area contributed by atoms with Gasteiger partial charge in [0.25, 0.3) is 0 Å². The molecule has 0 radical (unpaired) electrons. The Kier molecular flexibility index (Phi) is 4.42. The van der Waals surface area contributed by atoms with Gasteiger partial charge in [0.2, 0.25) is 5.91 Å². The summed E-state index contributed by atoms with van der Waals surface area (Å²) in [6, 6.07) is 13.3. The number of ether oxygens (including phenoxy) is 2. The van der Waals surface area contributed by atoms with Gasteiger partial charge in [-0.05, 0) is 49.4 Å². The molecule has 3 aromatic rings. The summed E-state index contributed by atoms with van der Waals surface area (Å²) >= 11 is 0. The molecule has 0 saturated heterocycles. The van der Waals surface area contributed by atoms with Gasteiger partial charge in [-0.2, -0.15) is 0 Å². The van der Waals surface area contributed by atoms with Crippen LogP contribution < -0.4 is 14.8 Å². The number of hydrogen-bond acceptors (Lipinski definition) is 3. The average molecular weight is 324 g/mol. The number of hydrogen-bond donors (Lipinski definition) is 2. The Labute approximate surface area is 140 Å². The molecular formula is C19H20N2O3. The average Bonchev–Trinajstić information content (AvgIpc) is 2.94. The fraction of sp³-hybridized carbons (Fsp3) is 0.211. The van der Waals surface area contributed by atoms with Crippen LogP contribution in [0.25, 0.3) is 10.9 Å². The van der Waals surface area contributed by atoms with Gasteiger partial charge in [-0.3, -0.25) is 4.79 Å². The summed E-state index contributed by atoms with van der Waals surface area (Å²) in [7, 11) is 3.19. The van der Waals surface area contributed by atoms with Crippen molar-refractivity contribution in [2.24, 2.45) is 0 Å². The zero-order chi connectivity index (χ0) is 17.1. The molecule has 0 fully saturated rings. The molecule has 2 N–H and O–H groups in total. The first kappa shape index (κ1) is 15.9. The minimum absolute atomic E-state index is 0.104. The molecule has 0 saturated carbocycles. The maximum atomic E-state index is 12.4. The number of anilines is 1. The Bertz CT molecular complexity index is 883. The molecule has 0 spiro atoms. The molecule has 1 aromatic heterocycles. The highest BCUT2D eigenvalue weighted by atomic mass is 16.5. The van der Waals surface area contributed by atoms with Crippen molar-refractivity contribution in [3.63, 3.8) is 0 Å². The van der Waals surface area contributed by atoms with E-state index >= 15 is 0 Å². The highest BCUT2D eigenvalue weighted by Crippen LogP contribution is 2.25. The number of rotatable bonds is 5. The second kappa shape index (κ2) is 6.66. The van der Waals surface area contributed by atoms with Crippen molar-refractivity contribution in [3.8, 4) is 11.5 Å². The third-order valence-electron chi connectivity index (χ3n) is 3.88. The van der Waals surface area contributed by atoms with E-state index in [0.717, 1.165) is 27.8 Å². The SMILES string of the molecule is COc1ccc(OC)c(CC(=O)Nc2ccc3[nH]c(C)cc3c2)c1. The molecular weight excluding hydrogens is 304 g/mol. The Morgan fingerprint density at radius 2 is 1.92 bits per heavy atom. The second-order valence-corrected chi connectivity index (χ2v) is 5.66. The third-order valence-corrected chi connectivity index (χ3v) is 3.88. The standard InChI is InChI=1S/C19H20N2O3/c1-12-8-13-9-15(4-6-17(13)20-12)21-19(22)11-14-10-16(23-2)5-7-18(14)24-3/h4-10,20H,11H2,1-3H3,(H,21,22). The molecule has 5 nitrogen and oxygen atoms in total. The van der Waals surface area contributed by atoms with Crippen molar-refractivity contribution >= 4 is 22.5 Å². The van der Waals surface area contributed by atoms with Crippen LogP contribution in [-0.4, -0.2) is 25.1 Å². The van der Waals surface area contributed by atoms with Crippen molar-refractivity contribution in [2.45, 2.75) is 13.3 Å². The molecule has 1 heterocycles. The van der Waals surface area contributed by atoms with Crippen LogP contribution in [0, 0.1) is 6.92 Å². The highest BCUT2D eigenvalue weighted by Gasteiger charge is 2.11. The normalized spacial score (nSPS) is 10.6. The summed E-state index contributed by atoms with van der Waals surface area (Å²) in [5.74, 6) is 1.26. The van der Waals surface area contributed by atoms with Crippen molar-refractivity contribution in [1.82, 2.24) is 4.98 Å². The lowest BCUT2D eigenvalue weighted by Gasteiger charge is -2.11. The second-order valence-electron chi connectivity index (χ2n) is 5.66. The molecule has 0 atom stereocenters. The van der Waals surface area contributed by atoms with Crippen molar-refractivity contribution < 1.29 is 14.3 Å². The van der Waals surface area contributed by atoms with Crippen molar-refractivity contribution in [3.05, 3.63) is 53.7 Å². The van der Waals surface area contributed by atoms with Crippen LogP contribution in [0.5, 0.6) is 11.5 Å². The van der Waals surface area contributed by atoms with Crippen molar-refractivity contribution in [1.29, 1.82) is 0 Å². The Balaban J connectivity index is 1.77. The molecule has 0 aliphatic rings. The summed E-state index contributed by atoms with van der Waals surface area (Å²) < 4.78 is 10.5. The molecule has 24 heavy (non-hydrogen) atoms. The number of aromatic amines is 1. The lowest BCUT2D eigenvalue weighted by molar-refractivity contribution is -0.115. The molecule has 0 unspecified atom stereocenters. The van der Waals surface area contributed by atoms with Gasteiger partial charge in [-0.25, -0.2) is 0 Å². The maximum Gasteiger partial charge on any atom is 0.228 e. The van der Waals surface area contributed by atoms with E-state index in [2.05, 4.69) is 16.4 Å². The smallest absolute Gasteiger partial charge is 0.228 e. The number of fused-ring (bicyclic) bond motifs is 1. The number of carbonyl (C=O) groups excluding carboxylic acids is 1. The highest BCUT2D eigenvalue weighted by molar-refractivity contribution is 5.95. The first-order chi connectivity index (χ1) is 11.6. The molecule has 1 amide bonds. The molecule has 124 valence electrons. The number of benzene rings is 2. The molecule has 0 bridgehead atoms. The number of carbonyl (C=O) groups is 1. The quantitative estimate of drug-likeness (QED) is 0.752. The lowest BCUT2D eigenvalue weighted by Crippen LogP contribution is -2.15. The Hall–Kier alpha value is -2.95. The third kappa shape index (κ3) is 3.35. The lowest BCUT2D eigenvalue weighted by atomic mass is 10.1. The molecule has 3 rings (SSSR count). The van der Waals surface area contributed by atoms with Crippen LogP contribution in [0.3, 0.4) is 0 Å². The number of amides is 1. The predicted molar refractivity (Wildman–Crippen MR) is 94.9 cm³/mol. The molecule has 2 aromatic carbocycles. The zero-order valence-corrected chi connectivity index (χ0v) is 14.0. The van der Waals surface area contributed by atoms with Gasteiger partial charge in [-0.15, -0.1) is 0 Å².